The summed E-state index contributed by atoms with van der Waals surface area (Å²) in [6.07, 6.45) is 3.56. The summed E-state index contributed by atoms with van der Waals surface area (Å²) >= 11 is 6.20. The minimum absolute atomic E-state index is 0.0341. The SMILES string of the molecule is O=S(=O)(NC1CCCN(Cc2ccccc2Cl)C1)C1CC1. The van der Waals surface area contributed by atoms with Crippen LogP contribution >= 0.6 is 11.6 Å². The number of hydrogen-bond donors (Lipinski definition) is 1. The summed E-state index contributed by atoms with van der Waals surface area (Å²) in [7, 11) is -3.09. The lowest BCUT2D eigenvalue weighted by Crippen LogP contribution is -2.48. The summed E-state index contributed by atoms with van der Waals surface area (Å²) in [5, 5.41) is 0.634. The molecule has 21 heavy (non-hydrogen) atoms. The molecule has 1 aromatic carbocycles. The molecule has 4 nitrogen and oxygen atoms in total. The summed E-state index contributed by atoms with van der Waals surface area (Å²) in [6.45, 7) is 2.53. The van der Waals surface area contributed by atoms with Gasteiger partial charge in [0.05, 0.1) is 5.25 Å². The number of sulfonamides is 1. The average Bonchev–Trinajstić information content (AvgIpc) is 3.26. The van der Waals surface area contributed by atoms with E-state index in [2.05, 4.69) is 9.62 Å². The molecule has 6 heteroatoms. The number of benzene rings is 1. The molecule has 1 saturated carbocycles. The van der Waals surface area contributed by atoms with Gasteiger partial charge in [-0.15, -0.1) is 0 Å². The maximum Gasteiger partial charge on any atom is 0.214 e. The first-order valence-corrected chi connectivity index (χ1v) is 9.44. The molecule has 0 bridgehead atoms. The molecule has 0 radical (unpaired) electrons. The smallest absolute Gasteiger partial charge is 0.214 e. The van der Waals surface area contributed by atoms with Gasteiger partial charge in [-0.3, -0.25) is 4.90 Å². The number of rotatable bonds is 5. The normalized spacial score (nSPS) is 24.1. The molecule has 1 aliphatic heterocycles. The lowest BCUT2D eigenvalue weighted by atomic mass is 10.1. The molecule has 2 fully saturated rings. The lowest BCUT2D eigenvalue weighted by molar-refractivity contribution is 0.194. The number of halogens is 1. The van der Waals surface area contributed by atoms with Crippen LogP contribution in [0.5, 0.6) is 0 Å². The second-order valence-corrected chi connectivity index (χ2v) is 8.43. The number of likely N-dealkylation sites (tertiary alicyclic amines) is 1. The van der Waals surface area contributed by atoms with Crippen LogP contribution in [-0.4, -0.2) is 37.7 Å². The predicted octanol–water partition coefficient (Wildman–Crippen LogP) is 2.39. The van der Waals surface area contributed by atoms with E-state index in [0.29, 0.717) is 0 Å². The van der Waals surface area contributed by atoms with Crippen LogP contribution in [0.25, 0.3) is 0 Å². The van der Waals surface area contributed by atoms with E-state index >= 15 is 0 Å². The zero-order chi connectivity index (χ0) is 14.9. The number of nitrogens with one attached hydrogen (secondary N) is 1. The van der Waals surface area contributed by atoms with Crippen molar-refractivity contribution in [3.05, 3.63) is 34.9 Å². The van der Waals surface area contributed by atoms with Crippen molar-refractivity contribution in [3.8, 4) is 0 Å². The minimum Gasteiger partial charge on any atom is -0.297 e. The van der Waals surface area contributed by atoms with Crippen molar-refractivity contribution >= 4 is 21.6 Å². The van der Waals surface area contributed by atoms with Gasteiger partial charge < -0.3 is 0 Å². The van der Waals surface area contributed by atoms with E-state index in [1.165, 1.54) is 0 Å². The summed E-state index contributed by atoms with van der Waals surface area (Å²) in [5.41, 5.74) is 1.10. The van der Waals surface area contributed by atoms with Crippen LogP contribution in [-0.2, 0) is 16.6 Å². The van der Waals surface area contributed by atoms with Gasteiger partial charge in [0.25, 0.3) is 0 Å². The van der Waals surface area contributed by atoms with Gasteiger partial charge in [-0.05, 0) is 43.9 Å². The van der Waals surface area contributed by atoms with Gasteiger partial charge in [0.15, 0.2) is 0 Å². The third-order valence-corrected chi connectivity index (χ3v) is 6.53. The fraction of sp³-hybridized carbons (Fsp3) is 0.600. The quantitative estimate of drug-likeness (QED) is 0.903. The fourth-order valence-electron chi connectivity index (χ4n) is 2.87. The first-order valence-electron chi connectivity index (χ1n) is 7.51. The number of hydrogen-bond acceptors (Lipinski definition) is 3. The summed E-state index contributed by atoms with van der Waals surface area (Å²) in [6, 6.07) is 7.87. The van der Waals surface area contributed by atoms with Crippen LogP contribution in [0.15, 0.2) is 24.3 Å². The molecular weight excluding hydrogens is 308 g/mol. The van der Waals surface area contributed by atoms with E-state index in [0.717, 1.165) is 55.9 Å². The maximum absolute atomic E-state index is 12.0. The topological polar surface area (TPSA) is 49.4 Å². The maximum atomic E-state index is 12.0. The van der Waals surface area contributed by atoms with Crippen LogP contribution in [0.1, 0.15) is 31.2 Å². The van der Waals surface area contributed by atoms with Crippen molar-refractivity contribution in [2.45, 2.75) is 43.5 Å². The van der Waals surface area contributed by atoms with Crippen LogP contribution in [0, 0.1) is 0 Å². The van der Waals surface area contributed by atoms with E-state index in [1.807, 2.05) is 24.3 Å². The molecule has 0 amide bonds. The van der Waals surface area contributed by atoms with E-state index < -0.39 is 10.0 Å². The Morgan fingerprint density at radius 3 is 2.71 bits per heavy atom. The highest BCUT2D eigenvalue weighted by Gasteiger charge is 2.37. The Kier molecular flexibility index (Phi) is 4.54. The fourth-order valence-corrected chi connectivity index (χ4v) is 4.67. The third-order valence-electron chi connectivity index (χ3n) is 4.15. The summed E-state index contributed by atoms with van der Waals surface area (Å²) < 4.78 is 26.9. The molecule has 1 N–H and O–H groups in total. The largest absolute Gasteiger partial charge is 0.297 e. The Balaban J connectivity index is 1.59. The summed E-state index contributed by atoms with van der Waals surface area (Å²) in [5.74, 6) is 0. The minimum atomic E-state index is -3.09. The van der Waals surface area contributed by atoms with Crippen LogP contribution in [0.4, 0.5) is 0 Å². The molecule has 1 saturated heterocycles. The van der Waals surface area contributed by atoms with Crippen molar-refractivity contribution in [1.82, 2.24) is 9.62 Å². The number of piperidine rings is 1. The molecule has 2 aliphatic rings. The highest BCUT2D eigenvalue weighted by molar-refractivity contribution is 7.90. The lowest BCUT2D eigenvalue weighted by Gasteiger charge is -2.33. The van der Waals surface area contributed by atoms with Gasteiger partial charge in [0, 0.05) is 24.2 Å². The second-order valence-electron chi connectivity index (χ2n) is 6.03. The molecular formula is C15H21ClN2O2S. The molecule has 1 atom stereocenters. The van der Waals surface area contributed by atoms with Gasteiger partial charge >= 0.3 is 0 Å². The molecule has 0 spiro atoms. The van der Waals surface area contributed by atoms with Crippen LogP contribution in [0.3, 0.4) is 0 Å². The van der Waals surface area contributed by atoms with Gasteiger partial charge in [-0.25, -0.2) is 13.1 Å². The Morgan fingerprint density at radius 1 is 1.24 bits per heavy atom. The zero-order valence-electron chi connectivity index (χ0n) is 12.0. The zero-order valence-corrected chi connectivity index (χ0v) is 13.5. The standard InChI is InChI=1S/C15H21ClN2O2S/c16-15-6-2-1-4-12(15)10-18-9-3-5-13(11-18)17-21(19,20)14-7-8-14/h1-2,4,6,13-14,17H,3,5,7-11H2. The third kappa shape index (κ3) is 3.97. The Bertz CT molecular complexity index is 601. The van der Waals surface area contributed by atoms with Gasteiger partial charge in [0.1, 0.15) is 0 Å². The molecule has 1 heterocycles. The molecule has 1 unspecified atom stereocenters. The molecule has 116 valence electrons. The predicted molar refractivity (Wildman–Crippen MR) is 84.8 cm³/mol. The molecule has 1 aliphatic carbocycles. The highest BCUT2D eigenvalue weighted by Crippen LogP contribution is 2.28. The average molecular weight is 329 g/mol. The van der Waals surface area contributed by atoms with Gasteiger partial charge in [0.2, 0.25) is 10.0 Å². The van der Waals surface area contributed by atoms with Crippen molar-refractivity contribution in [2.75, 3.05) is 13.1 Å². The Hall–Kier alpha value is -0.620. The van der Waals surface area contributed by atoms with Crippen molar-refractivity contribution in [2.24, 2.45) is 0 Å². The molecule has 1 aromatic rings. The summed E-state index contributed by atoms with van der Waals surface area (Å²) in [4.78, 5) is 2.28. The first-order chi connectivity index (χ1) is 10.0. The van der Waals surface area contributed by atoms with Gasteiger partial charge in [-0.1, -0.05) is 29.8 Å². The van der Waals surface area contributed by atoms with Crippen LogP contribution in [0.2, 0.25) is 5.02 Å². The van der Waals surface area contributed by atoms with E-state index in [9.17, 15) is 8.42 Å². The first kappa shape index (κ1) is 15.3. The number of nitrogens with zero attached hydrogens (tertiary/aromatic N) is 1. The van der Waals surface area contributed by atoms with E-state index in [4.69, 9.17) is 11.6 Å². The van der Waals surface area contributed by atoms with E-state index in [1.54, 1.807) is 0 Å². The van der Waals surface area contributed by atoms with Crippen molar-refractivity contribution in [3.63, 3.8) is 0 Å². The Morgan fingerprint density at radius 2 is 2.00 bits per heavy atom. The van der Waals surface area contributed by atoms with Gasteiger partial charge in [-0.2, -0.15) is 0 Å². The Labute approximate surface area is 131 Å². The molecule has 0 aromatic heterocycles. The second kappa shape index (κ2) is 6.24. The molecule has 3 rings (SSSR count). The van der Waals surface area contributed by atoms with E-state index in [-0.39, 0.29) is 11.3 Å². The van der Waals surface area contributed by atoms with Crippen molar-refractivity contribution < 1.29 is 8.42 Å². The highest BCUT2D eigenvalue weighted by atomic mass is 35.5. The monoisotopic (exact) mass is 328 g/mol. The van der Waals surface area contributed by atoms with Crippen LogP contribution < -0.4 is 4.72 Å². The van der Waals surface area contributed by atoms with Crippen molar-refractivity contribution in [1.29, 1.82) is 0 Å².